The minimum Gasteiger partial charge on any atom is -0.376 e. The first kappa shape index (κ1) is 20.9. The molecule has 6 saturated carbocycles. The topological polar surface area (TPSA) is 35.5 Å². The number of ether oxygens (including phenoxy) is 2. The molecule has 0 saturated heterocycles. The fourth-order valence-corrected chi connectivity index (χ4v) is 11.2. The van der Waals surface area contributed by atoms with Gasteiger partial charge in [-0.05, 0) is 105 Å². The van der Waals surface area contributed by atoms with Crippen LogP contribution in [-0.4, -0.2) is 47.3 Å². The van der Waals surface area contributed by atoms with Crippen molar-refractivity contribution in [2.24, 2.45) is 47.3 Å². The van der Waals surface area contributed by atoms with E-state index >= 15 is 0 Å². The standard InChI is InChI=1S/C25H38O3S2/c1-13(26)30-17-11-19-15-6-23(21(19)12-17)25(8-15)28-4-3-27-24-7-14-5-22(24)20-10-16(29-2)9-18(14)20/h14-25H,3-12H2,1-2H3. The first-order valence-electron chi connectivity index (χ1n) is 12.5. The van der Waals surface area contributed by atoms with Crippen LogP contribution in [0.25, 0.3) is 0 Å². The van der Waals surface area contributed by atoms with Gasteiger partial charge in [-0.25, -0.2) is 0 Å². The maximum atomic E-state index is 11.5. The Balaban J connectivity index is 0.951. The van der Waals surface area contributed by atoms with Crippen LogP contribution in [0, 0.1) is 47.3 Å². The predicted octanol–water partition coefficient (Wildman–Crippen LogP) is 5.27. The van der Waals surface area contributed by atoms with Gasteiger partial charge in [-0.2, -0.15) is 11.8 Å². The summed E-state index contributed by atoms with van der Waals surface area (Å²) < 4.78 is 12.8. The van der Waals surface area contributed by atoms with Crippen LogP contribution in [0.2, 0.25) is 0 Å². The van der Waals surface area contributed by atoms with Gasteiger partial charge in [0.15, 0.2) is 5.12 Å². The molecule has 0 spiro atoms. The lowest BCUT2D eigenvalue weighted by atomic mass is 9.80. The number of carbonyl (C=O) groups excluding carboxylic acids is 1. The van der Waals surface area contributed by atoms with Crippen LogP contribution in [-0.2, 0) is 14.3 Å². The minimum absolute atomic E-state index is 0.297. The zero-order chi connectivity index (χ0) is 20.4. The number of thioether (sulfide) groups is 2. The Bertz CT molecular complexity index is 671. The zero-order valence-corrected chi connectivity index (χ0v) is 20.2. The van der Waals surface area contributed by atoms with Gasteiger partial charge in [0.1, 0.15) is 0 Å². The molecule has 0 aliphatic heterocycles. The third-order valence-corrected chi connectivity index (χ3v) is 12.2. The molecule has 0 aromatic rings. The molecule has 6 aliphatic rings. The van der Waals surface area contributed by atoms with Crippen molar-refractivity contribution in [3.05, 3.63) is 0 Å². The Morgan fingerprint density at radius 1 is 0.700 bits per heavy atom. The van der Waals surface area contributed by atoms with Crippen molar-refractivity contribution >= 4 is 28.6 Å². The van der Waals surface area contributed by atoms with E-state index in [4.69, 9.17) is 9.47 Å². The molecule has 0 amide bonds. The molecule has 0 radical (unpaired) electrons. The summed E-state index contributed by atoms with van der Waals surface area (Å²) in [6.45, 7) is 3.30. The molecule has 6 aliphatic carbocycles. The van der Waals surface area contributed by atoms with E-state index in [1.807, 2.05) is 0 Å². The molecule has 0 heterocycles. The van der Waals surface area contributed by atoms with Crippen LogP contribution in [0.1, 0.15) is 58.3 Å². The maximum absolute atomic E-state index is 11.5. The lowest BCUT2D eigenvalue weighted by molar-refractivity contribution is -0.109. The second-order valence-corrected chi connectivity index (χ2v) is 13.9. The van der Waals surface area contributed by atoms with Gasteiger partial charge in [0.25, 0.3) is 0 Å². The molecule has 6 rings (SSSR count). The predicted molar refractivity (Wildman–Crippen MR) is 124 cm³/mol. The highest BCUT2D eigenvalue weighted by atomic mass is 32.2. The molecule has 6 fully saturated rings. The Hall–Kier alpha value is 0.290. The van der Waals surface area contributed by atoms with Crippen molar-refractivity contribution in [1.82, 2.24) is 0 Å². The highest BCUT2D eigenvalue weighted by Crippen LogP contribution is 2.62. The van der Waals surface area contributed by atoms with E-state index in [1.54, 1.807) is 18.7 Å². The maximum Gasteiger partial charge on any atom is 0.186 e. The van der Waals surface area contributed by atoms with E-state index < -0.39 is 0 Å². The molecule has 168 valence electrons. The van der Waals surface area contributed by atoms with Crippen molar-refractivity contribution in [3.63, 3.8) is 0 Å². The fraction of sp³-hybridized carbons (Fsp3) is 0.960. The number of fused-ring (bicyclic) bond motifs is 10. The van der Waals surface area contributed by atoms with Crippen molar-refractivity contribution < 1.29 is 14.3 Å². The Morgan fingerprint density at radius 2 is 1.20 bits per heavy atom. The van der Waals surface area contributed by atoms with Crippen LogP contribution < -0.4 is 0 Å². The summed E-state index contributed by atoms with van der Waals surface area (Å²) in [5.41, 5.74) is 0. The zero-order valence-electron chi connectivity index (χ0n) is 18.5. The SMILES string of the molecule is CSC1CC2C3CC(OCCOC4CC5CC4C4CC(SC(C)=O)CC54)C(C3)C2C1. The summed E-state index contributed by atoms with van der Waals surface area (Å²) in [5.74, 6) is 7.07. The summed E-state index contributed by atoms with van der Waals surface area (Å²) >= 11 is 3.69. The lowest BCUT2D eigenvalue weighted by Gasteiger charge is -2.33. The molecule has 12 unspecified atom stereocenters. The number of hydrogen-bond donors (Lipinski definition) is 0. The van der Waals surface area contributed by atoms with Gasteiger partial charge in [0.2, 0.25) is 0 Å². The van der Waals surface area contributed by atoms with Crippen molar-refractivity contribution in [3.8, 4) is 0 Å². The summed E-state index contributed by atoms with van der Waals surface area (Å²) in [5, 5.41) is 1.79. The van der Waals surface area contributed by atoms with Gasteiger partial charge in [0, 0.05) is 17.4 Å². The average Bonchev–Trinajstić information content (AvgIpc) is 3.51. The normalized spacial score (nSPS) is 52.9. The smallest absolute Gasteiger partial charge is 0.186 e. The Kier molecular flexibility index (Phi) is 5.74. The van der Waals surface area contributed by atoms with E-state index in [0.29, 0.717) is 22.6 Å². The first-order chi connectivity index (χ1) is 14.6. The summed E-state index contributed by atoms with van der Waals surface area (Å²) in [6, 6.07) is 0. The van der Waals surface area contributed by atoms with Crippen molar-refractivity contribution in [2.45, 2.75) is 81.0 Å². The molecular formula is C25H38O3S2. The molecule has 4 bridgehead atoms. The Labute approximate surface area is 190 Å². The number of rotatable bonds is 7. The third kappa shape index (κ3) is 3.53. The second kappa shape index (κ2) is 8.25. The summed E-state index contributed by atoms with van der Waals surface area (Å²) in [6.07, 6.45) is 14.1. The molecule has 12 atom stereocenters. The lowest BCUT2D eigenvalue weighted by Crippen LogP contribution is -2.33. The number of carbonyl (C=O) groups is 1. The first-order valence-corrected chi connectivity index (χ1v) is 14.7. The third-order valence-electron chi connectivity index (χ3n) is 10.1. The molecule has 3 nitrogen and oxygen atoms in total. The van der Waals surface area contributed by atoms with Crippen LogP contribution in [0.5, 0.6) is 0 Å². The molecule has 5 heteroatoms. The monoisotopic (exact) mass is 450 g/mol. The summed E-state index contributed by atoms with van der Waals surface area (Å²) in [7, 11) is 0. The van der Waals surface area contributed by atoms with Crippen LogP contribution in [0.3, 0.4) is 0 Å². The minimum atomic E-state index is 0.297. The quantitative estimate of drug-likeness (QED) is 0.494. The van der Waals surface area contributed by atoms with Gasteiger partial charge < -0.3 is 9.47 Å². The summed E-state index contributed by atoms with van der Waals surface area (Å²) in [4.78, 5) is 11.5. The van der Waals surface area contributed by atoms with Crippen molar-refractivity contribution in [1.29, 1.82) is 0 Å². The number of hydrogen-bond acceptors (Lipinski definition) is 5. The van der Waals surface area contributed by atoms with E-state index in [1.165, 1.54) is 51.4 Å². The second-order valence-electron chi connectivity index (χ2n) is 11.3. The Morgan fingerprint density at radius 3 is 1.73 bits per heavy atom. The van der Waals surface area contributed by atoms with Gasteiger partial charge in [-0.15, -0.1) is 0 Å². The van der Waals surface area contributed by atoms with Crippen LogP contribution in [0.4, 0.5) is 0 Å². The highest BCUT2D eigenvalue weighted by Gasteiger charge is 2.57. The van der Waals surface area contributed by atoms with Crippen molar-refractivity contribution in [2.75, 3.05) is 19.5 Å². The van der Waals surface area contributed by atoms with E-state index in [0.717, 1.165) is 65.8 Å². The van der Waals surface area contributed by atoms with E-state index in [9.17, 15) is 4.79 Å². The van der Waals surface area contributed by atoms with Gasteiger partial charge in [-0.1, -0.05) is 11.8 Å². The van der Waals surface area contributed by atoms with Crippen LogP contribution >= 0.6 is 23.5 Å². The molecule has 0 aromatic carbocycles. The molecule has 0 N–H and O–H groups in total. The highest BCUT2D eigenvalue weighted by molar-refractivity contribution is 8.14. The molecular weight excluding hydrogens is 412 g/mol. The van der Waals surface area contributed by atoms with Crippen LogP contribution in [0.15, 0.2) is 0 Å². The van der Waals surface area contributed by atoms with Gasteiger partial charge in [-0.3, -0.25) is 4.79 Å². The molecule has 30 heavy (non-hydrogen) atoms. The van der Waals surface area contributed by atoms with E-state index in [2.05, 4.69) is 18.0 Å². The van der Waals surface area contributed by atoms with Gasteiger partial charge >= 0.3 is 0 Å². The van der Waals surface area contributed by atoms with Gasteiger partial charge in [0.05, 0.1) is 25.4 Å². The van der Waals surface area contributed by atoms with E-state index in [-0.39, 0.29) is 0 Å². The average molecular weight is 451 g/mol. The fourth-order valence-electron chi connectivity index (χ4n) is 9.22. The molecule has 0 aromatic heterocycles. The largest absolute Gasteiger partial charge is 0.376 e.